The van der Waals surface area contributed by atoms with Gasteiger partial charge < -0.3 is 9.64 Å². The van der Waals surface area contributed by atoms with E-state index in [-0.39, 0.29) is 0 Å². The number of hydrogen-bond acceptors (Lipinski definition) is 5. The monoisotopic (exact) mass is 460 g/mol. The number of aryl methyl sites for hydroxylation is 3. The van der Waals surface area contributed by atoms with Crippen LogP contribution < -0.4 is 0 Å². The number of para-hydroxylation sites is 1. The van der Waals surface area contributed by atoms with Crippen LogP contribution in [0, 0.1) is 13.8 Å². The van der Waals surface area contributed by atoms with Gasteiger partial charge in [-0.15, -0.1) is 0 Å². The van der Waals surface area contributed by atoms with Crippen molar-refractivity contribution >= 4 is 33.5 Å². The smallest absolute Gasteiger partial charge is 0.171 e. The van der Waals surface area contributed by atoms with Crippen molar-refractivity contribution < 1.29 is 4.74 Å². The molecule has 3 heterocycles. The molecule has 0 atom stereocenters. The molecule has 2 aromatic carbocycles. The lowest BCUT2D eigenvalue weighted by Crippen LogP contribution is -2.43. The van der Waals surface area contributed by atoms with Crippen LogP contribution in [0.1, 0.15) is 29.2 Å². The molecule has 1 fully saturated rings. The molecule has 0 amide bonds. The average Bonchev–Trinajstić information content (AvgIpc) is 2.83. The Morgan fingerprint density at radius 1 is 1.06 bits per heavy atom. The van der Waals surface area contributed by atoms with Gasteiger partial charge in [0.2, 0.25) is 0 Å². The second-order valence-electron chi connectivity index (χ2n) is 8.96. The summed E-state index contributed by atoms with van der Waals surface area (Å²) in [4.78, 5) is 15.2. The molecule has 5 rings (SSSR count). The molecule has 0 spiro atoms. The van der Waals surface area contributed by atoms with Gasteiger partial charge in [0, 0.05) is 43.7 Å². The molecule has 3 aromatic rings. The van der Waals surface area contributed by atoms with Crippen molar-refractivity contribution in [2.45, 2.75) is 38.8 Å². The number of hydrogen-bond donors (Lipinski definition) is 0. The van der Waals surface area contributed by atoms with Crippen LogP contribution in [-0.4, -0.2) is 59.3 Å². The largest absolute Gasteiger partial charge is 0.379 e. The van der Waals surface area contributed by atoms with E-state index in [0.29, 0.717) is 0 Å². The first-order chi connectivity index (χ1) is 16.1. The maximum atomic E-state index is 5.53. The van der Waals surface area contributed by atoms with Crippen LogP contribution in [0.15, 0.2) is 52.5 Å². The van der Waals surface area contributed by atoms with Crippen molar-refractivity contribution in [1.82, 2.24) is 14.8 Å². The molecule has 6 heteroatoms. The van der Waals surface area contributed by atoms with E-state index in [1.807, 2.05) is 0 Å². The molecule has 33 heavy (non-hydrogen) atoms. The maximum Gasteiger partial charge on any atom is 0.171 e. The van der Waals surface area contributed by atoms with Crippen LogP contribution in [-0.2, 0) is 17.7 Å². The Hall–Kier alpha value is -2.41. The number of rotatable bonds is 5. The van der Waals surface area contributed by atoms with Crippen LogP contribution in [0.3, 0.4) is 0 Å². The predicted octanol–water partition coefficient (Wildman–Crippen LogP) is 5.34. The molecular formula is C27H32N4OS. The highest BCUT2D eigenvalue weighted by Gasteiger charge is 2.25. The number of aliphatic imine (C=N–C) groups is 1. The van der Waals surface area contributed by atoms with Crippen molar-refractivity contribution in [3.8, 4) is 0 Å². The van der Waals surface area contributed by atoms with Crippen LogP contribution >= 0.6 is 11.8 Å². The van der Waals surface area contributed by atoms with Crippen LogP contribution in [0.5, 0.6) is 0 Å². The molecule has 172 valence electrons. The van der Waals surface area contributed by atoms with E-state index in [2.05, 4.69) is 73.0 Å². The molecule has 5 nitrogen and oxygen atoms in total. The van der Waals surface area contributed by atoms with Gasteiger partial charge in [0.05, 0.1) is 24.4 Å². The van der Waals surface area contributed by atoms with Crippen LogP contribution in [0.25, 0.3) is 10.9 Å². The van der Waals surface area contributed by atoms with Gasteiger partial charge >= 0.3 is 0 Å². The summed E-state index contributed by atoms with van der Waals surface area (Å²) in [6.07, 6.45) is 0.976. The zero-order chi connectivity index (χ0) is 22.8. The van der Waals surface area contributed by atoms with E-state index in [4.69, 9.17) is 14.7 Å². The SMILES string of the molecule is CCc1ccccc1N=C1Sc2nc3cc(C)cc(C)c3cc2CN1CCN1CCOCC1. The fourth-order valence-electron chi connectivity index (χ4n) is 4.66. The number of benzene rings is 2. The van der Waals surface area contributed by atoms with E-state index in [1.165, 1.54) is 27.6 Å². The van der Waals surface area contributed by atoms with Crippen molar-refractivity contribution in [1.29, 1.82) is 0 Å². The van der Waals surface area contributed by atoms with Crippen LogP contribution in [0.4, 0.5) is 5.69 Å². The zero-order valence-corrected chi connectivity index (χ0v) is 20.6. The van der Waals surface area contributed by atoms with Crippen molar-refractivity contribution in [3.63, 3.8) is 0 Å². The summed E-state index contributed by atoms with van der Waals surface area (Å²) in [6, 6.07) is 15.3. The van der Waals surface area contributed by atoms with Crippen LogP contribution in [0.2, 0.25) is 0 Å². The Labute approximate surface area is 200 Å². The Balaban J connectivity index is 1.51. The molecule has 0 bridgehead atoms. The fraction of sp³-hybridized carbons (Fsp3) is 0.407. The molecule has 1 saturated heterocycles. The quantitative estimate of drug-likeness (QED) is 0.514. The van der Waals surface area contributed by atoms with Gasteiger partial charge in [-0.05, 0) is 66.9 Å². The van der Waals surface area contributed by atoms with Crippen molar-refractivity contribution in [2.24, 2.45) is 4.99 Å². The van der Waals surface area contributed by atoms with E-state index >= 15 is 0 Å². The number of ether oxygens (including phenoxy) is 1. The highest BCUT2D eigenvalue weighted by atomic mass is 32.2. The minimum Gasteiger partial charge on any atom is -0.379 e. The van der Waals surface area contributed by atoms with Gasteiger partial charge in [-0.3, -0.25) is 4.90 Å². The third-order valence-electron chi connectivity index (χ3n) is 6.52. The summed E-state index contributed by atoms with van der Waals surface area (Å²) in [5.74, 6) is 0. The van der Waals surface area contributed by atoms with E-state index in [9.17, 15) is 0 Å². The molecule has 0 radical (unpaired) electrons. The minimum absolute atomic E-state index is 0.830. The highest BCUT2D eigenvalue weighted by molar-refractivity contribution is 8.13. The Kier molecular flexibility index (Phi) is 6.67. The number of aromatic nitrogens is 1. The second kappa shape index (κ2) is 9.84. The lowest BCUT2D eigenvalue weighted by molar-refractivity contribution is 0.0358. The predicted molar refractivity (Wildman–Crippen MR) is 138 cm³/mol. The molecule has 1 aromatic heterocycles. The van der Waals surface area contributed by atoms with Gasteiger partial charge in [0.1, 0.15) is 5.03 Å². The number of nitrogens with zero attached hydrogens (tertiary/aromatic N) is 4. The van der Waals surface area contributed by atoms with Crippen molar-refractivity contribution in [2.75, 3.05) is 39.4 Å². The molecular weight excluding hydrogens is 428 g/mol. The van der Waals surface area contributed by atoms with Gasteiger partial charge in [-0.25, -0.2) is 9.98 Å². The van der Waals surface area contributed by atoms with Gasteiger partial charge in [0.25, 0.3) is 0 Å². The Morgan fingerprint density at radius 3 is 2.70 bits per heavy atom. The highest BCUT2D eigenvalue weighted by Crippen LogP contribution is 2.36. The summed E-state index contributed by atoms with van der Waals surface area (Å²) in [7, 11) is 0. The molecule has 0 unspecified atom stereocenters. The standard InChI is InChI=1S/C27H32N4OS/c1-4-21-7-5-6-8-24(21)29-27-31(10-9-30-11-13-32-14-12-30)18-22-17-23-20(3)15-19(2)16-25(23)28-26(22)33-27/h5-8,15-17H,4,9-14,18H2,1-3H3. The molecule has 0 saturated carbocycles. The van der Waals surface area contributed by atoms with E-state index < -0.39 is 0 Å². The molecule has 0 aliphatic carbocycles. The van der Waals surface area contributed by atoms with Gasteiger partial charge in [0.15, 0.2) is 5.17 Å². The fourth-order valence-corrected chi connectivity index (χ4v) is 5.66. The molecule has 2 aliphatic heterocycles. The summed E-state index contributed by atoms with van der Waals surface area (Å²) >= 11 is 1.71. The summed E-state index contributed by atoms with van der Waals surface area (Å²) < 4.78 is 5.53. The van der Waals surface area contributed by atoms with E-state index in [1.54, 1.807) is 11.8 Å². The first-order valence-electron chi connectivity index (χ1n) is 11.9. The summed E-state index contributed by atoms with van der Waals surface area (Å²) in [5, 5.41) is 3.39. The molecule has 0 N–H and O–H groups in total. The third-order valence-corrected chi connectivity index (χ3v) is 7.60. The topological polar surface area (TPSA) is 41.0 Å². The minimum atomic E-state index is 0.830. The first kappa shape index (κ1) is 22.4. The Bertz CT molecular complexity index is 1190. The first-order valence-corrected chi connectivity index (χ1v) is 12.7. The number of pyridine rings is 1. The molecule has 2 aliphatic rings. The number of thioether (sulfide) groups is 1. The van der Waals surface area contributed by atoms with Crippen molar-refractivity contribution in [3.05, 3.63) is 64.7 Å². The average molecular weight is 461 g/mol. The van der Waals surface area contributed by atoms with Gasteiger partial charge in [-0.2, -0.15) is 0 Å². The third kappa shape index (κ3) is 4.93. The zero-order valence-electron chi connectivity index (χ0n) is 19.8. The maximum absolute atomic E-state index is 5.53. The number of morpholine rings is 1. The summed E-state index contributed by atoms with van der Waals surface area (Å²) in [5.41, 5.74) is 7.27. The van der Waals surface area contributed by atoms with E-state index in [0.717, 1.165) is 73.8 Å². The number of fused-ring (bicyclic) bond motifs is 2. The summed E-state index contributed by atoms with van der Waals surface area (Å²) in [6.45, 7) is 13.0. The Morgan fingerprint density at radius 2 is 1.88 bits per heavy atom. The van der Waals surface area contributed by atoms with Gasteiger partial charge in [-0.1, -0.05) is 31.2 Å². The lowest BCUT2D eigenvalue weighted by atomic mass is 10.0. The lowest BCUT2D eigenvalue weighted by Gasteiger charge is -2.34. The number of amidine groups is 1. The normalized spacial score (nSPS) is 18.2. The second-order valence-corrected chi connectivity index (χ2v) is 9.91.